The average Bonchev–Trinajstić information content (AvgIpc) is 2.59. The predicted octanol–water partition coefficient (Wildman–Crippen LogP) is 0.583. The molecular formula is C9H11NSSi. The molecule has 1 aromatic carbocycles. The number of hydrogen-bond acceptors (Lipinski definition) is 2. The summed E-state index contributed by atoms with van der Waals surface area (Å²) in [7, 11) is -0.222. The van der Waals surface area contributed by atoms with Crippen LogP contribution in [0.3, 0.4) is 0 Å². The molecule has 0 aliphatic carbocycles. The van der Waals surface area contributed by atoms with Gasteiger partial charge in [0.25, 0.3) is 0 Å². The van der Waals surface area contributed by atoms with Crippen LogP contribution in [0.5, 0.6) is 0 Å². The normalized spacial score (nSPS) is 17.2. The molecular weight excluding hydrogens is 182 g/mol. The van der Waals surface area contributed by atoms with E-state index in [1.807, 2.05) is 11.8 Å². The standard InChI is InChI=1S/C9H11NSSi/c1-2-4-8(5-3-1)12-9-10-6-7-11-9/h1-5H,6-7,12H2. The first-order valence-corrected chi connectivity index (χ1v) is 6.55. The summed E-state index contributed by atoms with van der Waals surface area (Å²) in [5.74, 6) is 1.20. The van der Waals surface area contributed by atoms with Crippen LogP contribution in [-0.2, 0) is 0 Å². The summed E-state index contributed by atoms with van der Waals surface area (Å²) in [5.41, 5.74) is 0. The molecule has 0 unspecified atom stereocenters. The molecule has 0 atom stereocenters. The molecule has 0 amide bonds. The van der Waals surface area contributed by atoms with Gasteiger partial charge < -0.3 is 0 Å². The fourth-order valence-electron chi connectivity index (χ4n) is 1.26. The van der Waals surface area contributed by atoms with Gasteiger partial charge in [-0.3, -0.25) is 4.99 Å². The van der Waals surface area contributed by atoms with Crippen LogP contribution in [0.1, 0.15) is 0 Å². The summed E-state index contributed by atoms with van der Waals surface area (Å²) < 4.78 is 1.43. The fourth-order valence-corrected chi connectivity index (χ4v) is 4.33. The van der Waals surface area contributed by atoms with Crippen LogP contribution in [0, 0.1) is 0 Å². The van der Waals surface area contributed by atoms with Crippen LogP contribution in [0.25, 0.3) is 0 Å². The number of hydrogen-bond donors (Lipinski definition) is 0. The van der Waals surface area contributed by atoms with Crippen molar-refractivity contribution in [2.75, 3.05) is 12.3 Å². The molecule has 1 aliphatic rings. The molecule has 0 spiro atoms. The highest BCUT2D eigenvalue weighted by molar-refractivity contribution is 8.17. The minimum atomic E-state index is -0.222. The molecule has 1 heterocycles. The topological polar surface area (TPSA) is 12.4 Å². The van der Waals surface area contributed by atoms with Crippen LogP contribution in [0.4, 0.5) is 0 Å². The van der Waals surface area contributed by atoms with Crippen LogP contribution in [0.15, 0.2) is 35.3 Å². The van der Waals surface area contributed by atoms with Crippen molar-refractivity contribution in [3.63, 3.8) is 0 Å². The lowest BCUT2D eigenvalue weighted by Gasteiger charge is -1.97. The molecule has 0 radical (unpaired) electrons. The van der Waals surface area contributed by atoms with E-state index in [0.717, 1.165) is 6.54 Å². The van der Waals surface area contributed by atoms with Gasteiger partial charge in [0.2, 0.25) is 0 Å². The Labute approximate surface area is 79.1 Å². The van der Waals surface area contributed by atoms with Crippen LogP contribution >= 0.6 is 11.8 Å². The molecule has 2 rings (SSSR count). The lowest BCUT2D eigenvalue weighted by atomic mass is 10.4. The average molecular weight is 193 g/mol. The SMILES string of the molecule is c1ccc([SiH2]C2=NCCS2)cc1. The second kappa shape index (κ2) is 3.91. The van der Waals surface area contributed by atoms with Crippen LogP contribution in [-0.4, -0.2) is 26.5 Å². The molecule has 3 heteroatoms. The number of benzene rings is 1. The van der Waals surface area contributed by atoms with Crippen molar-refractivity contribution in [1.82, 2.24) is 0 Å². The van der Waals surface area contributed by atoms with Crippen molar-refractivity contribution in [3.05, 3.63) is 30.3 Å². The first kappa shape index (κ1) is 8.07. The zero-order valence-corrected chi connectivity index (χ0v) is 9.09. The Bertz CT molecular complexity index is 284. The van der Waals surface area contributed by atoms with Crippen molar-refractivity contribution in [2.24, 2.45) is 4.99 Å². The van der Waals surface area contributed by atoms with E-state index in [1.54, 1.807) is 0 Å². The van der Waals surface area contributed by atoms with E-state index < -0.39 is 0 Å². The van der Waals surface area contributed by atoms with Gasteiger partial charge in [-0.15, -0.1) is 11.8 Å². The first-order chi connectivity index (χ1) is 5.95. The Balaban J connectivity index is 2.04. The fraction of sp³-hybridized carbons (Fsp3) is 0.222. The van der Waals surface area contributed by atoms with E-state index in [-0.39, 0.29) is 9.52 Å². The molecule has 0 saturated heterocycles. The minimum absolute atomic E-state index is 0.222. The maximum atomic E-state index is 4.47. The highest BCUT2D eigenvalue weighted by Crippen LogP contribution is 2.09. The smallest absolute Gasteiger partial charge is 0.118 e. The quantitative estimate of drug-likeness (QED) is 0.626. The van der Waals surface area contributed by atoms with Gasteiger partial charge in [-0.2, -0.15) is 0 Å². The highest BCUT2D eigenvalue weighted by Gasteiger charge is 2.07. The van der Waals surface area contributed by atoms with E-state index in [4.69, 9.17) is 0 Å². The van der Waals surface area contributed by atoms with Crippen molar-refractivity contribution in [3.8, 4) is 0 Å². The van der Waals surface area contributed by atoms with Crippen molar-refractivity contribution >= 4 is 31.1 Å². The summed E-state index contributed by atoms with van der Waals surface area (Å²) in [6.07, 6.45) is 0. The van der Waals surface area contributed by atoms with Crippen molar-refractivity contribution < 1.29 is 0 Å². The molecule has 0 bridgehead atoms. The zero-order valence-electron chi connectivity index (χ0n) is 6.86. The third-order valence-electron chi connectivity index (χ3n) is 1.85. The second-order valence-corrected chi connectivity index (χ2v) is 6.31. The number of nitrogens with zero attached hydrogens (tertiary/aromatic N) is 1. The predicted molar refractivity (Wildman–Crippen MR) is 59.4 cm³/mol. The summed E-state index contributed by atoms with van der Waals surface area (Å²) in [6.45, 7) is 1.04. The minimum Gasteiger partial charge on any atom is -0.287 e. The molecule has 1 nitrogen and oxygen atoms in total. The summed E-state index contributed by atoms with van der Waals surface area (Å²) >= 11 is 1.95. The second-order valence-electron chi connectivity index (χ2n) is 2.79. The van der Waals surface area contributed by atoms with E-state index in [0.29, 0.717) is 0 Å². The first-order valence-electron chi connectivity index (χ1n) is 4.15. The third-order valence-corrected chi connectivity index (χ3v) is 5.15. The Morgan fingerprint density at radius 3 is 2.75 bits per heavy atom. The molecule has 0 fully saturated rings. The maximum Gasteiger partial charge on any atom is 0.118 e. The van der Waals surface area contributed by atoms with Gasteiger partial charge in [-0.25, -0.2) is 0 Å². The maximum absolute atomic E-state index is 4.47. The van der Waals surface area contributed by atoms with Gasteiger partial charge >= 0.3 is 0 Å². The van der Waals surface area contributed by atoms with E-state index in [2.05, 4.69) is 35.3 Å². The van der Waals surface area contributed by atoms with Gasteiger partial charge in [-0.1, -0.05) is 35.5 Å². The Morgan fingerprint density at radius 1 is 1.25 bits per heavy atom. The van der Waals surface area contributed by atoms with E-state index in [1.165, 1.54) is 15.6 Å². The van der Waals surface area contributed by atoms with Gasteiger partial charge in [0, 0.05) is 17.0 Å². The summed E-state index contributed by atoms with van der Waals surface area (Å²) in [5, 5.41) is 1.51. The molecule has 1 aromatic rings. The van der Waals surface area contributed by atoms with Crippen molar-refractivity contribution in [1.29, 1.82) is 0 Å². The molecule has 1 aliphatic heterocycles. The molecule has 12 heavy (non-hydrogen) atoms. The van der Waals surface area contributed by atoms with Crippen LogP contribution < -0.4 is 5.19 Å². The number of thioether (sulfide) groups is 1. The number of aliphatic imine (C=N–C) groups is 1. The van der Waals surface area contributed by atoms with Gasteiger partial charge in [0.1, 0.15) is 9.52 Å². The van der Waals surface area contributed by atoms with Gasteiger partial charge in [0.15, 0.2) is 0 Å². The summed E-state index contributed by atoms with van der Waals surface area (Å²) in [4.78, 5) is 4.47. The lowest BCUT2D eigenvalue weighted by molar-refractivity contribution is 1.18. The molecule has 0 saturated carbocycles. The highest BCUT2D eigenvalue weighted by atomic mass is 32.2. The molecule has 62 valence electrons. The monoisotopic (exact) mass is 193 g/mol. The zero-order chi connectivity index (χ0) is 8.23. The van der Waals surface area contributed by atoms with Gasteiger partial charge in [0.05, 0.1) is 0 Å². The largest absolute Gasteiger partial charge is 0.287 e. The van der Waals surface area contributed by atoms with Crippen molar-refractivity contribution in [2.45, 2.75) is 0 Å². The third kappa shape index (κ3) is 1.99. The van der Waals surface area contributed by atoms with E-state index >= 15 is 0 Å². The Hall–Kier alpha value is -0.543. The van der Waals surface area contributed by atoms with Crippen LogP contribution in [0.2, 0.25) is 0 Å². The lowest BCUT2D eigenvalue weighted by Crippen LogP contribution is -2.19. The number of rotatable bonds is 2. The van der Waals surface area contributed by atoms with Gasteiger partial charge in [-0.05, 0) is 0 Å². The molecule has 0 N–H and O–H groups in total. The Kier molecular flexibility index (Phi) is 2.63. The van der Waals surface area contributed by atoms with E-state index in [9.17, 15) is 0 Å². The molecule has 0 aromatic heterocycles. The Morgan fingerprint density at radius 2 is 2.08 bits per heavy atom. The summed E-state index contributed by atoms with van der Waals surface area (Å²) in [6, 6.07) is 10.7.